The fourth-order valence-corrected chi connectivity index (χ4v) is 6.67. The molecule has 0 saturated carbocycles. The number of nitrogens with zero attached hydrogens (tertiary/aromatic N) is 1. The molecule has 5 nitrogen and oxygen atoms in total. The van der Waals surface area contributed by atoms with E-state index in [9.17, 15) is 9.90 Å². The molecule has 1 aliphatic rings. The van der Waals surface area contributed by atoms with Crippen LogP contribution in [-0.2, 0) is 10.5 Å². The number of fused-ring (bicyclic) bond motifs is 3. The van der Waals surface area contributed by atoms with Crippen molar-refractivity contribution in [2.45, 2.75) is 16.1 Å². The quantitative estimate of drug-likeness (QED) is 0.265. The molecule has 3 heterocycles. The van der Waals surface area contributed by atoms with Gasteiger partial charge in [-0.25, -0.2) is 9.78 Å². The molecule has 0 spiro atoms. The zero-order chi connectivity index (χ0) is 22.9. The van der Waals surface area contributed by atoms with Crippen molar-refractivity contribution < 1.29 is 14.6 Å². The number of aromatic nitrogens is 1. The molecule has 33 heavy (non-hydrogen) atoms. The first-order valence-corrected chi connectivity index (χ1v) is 12.8. The van der Waals surface area contributed by atoms with Crippen molar-refractivity contribution in [3.05, 3.63) is 86.3 Å². The summed E-state index contributed by atoms with van der Waals surface area (Å²) in [6, 6.07) is 15.2. The zero-order valence-electron chi connectivity index (χ0n) is 17.2. The first-order chi connectivity index (χ1) is 16.0. The van der Waals surface area contributed by atoms with Gasteiger partial charge in [0.25, 0.3) is 0 Å². The van der Waals surface area contributed by atoms with E-state index in [4.69, 9.17) is 27.9 Å². The third-order valence-corrected chi connectivity index (χ3v) is 8.22. The number of ether oxygens (including phenoxy) is 1. The van der Waals surface area contributed by atoms with Crippen LogP contribution in [0.4, 0.5) is 5.69 Å². The number of rotatable bonds is 6. The lowest BCUT2D eigenvalue weighted by atomic mass is 9.99. The fourth-order valence-electron chi connectivity index (χ4n) is 3.93. The Morgan fingerprint density at radius 1 is 1.18 bits per heavy atom. The third kappa shape index (κ3) is 4.56. The summed E-state index contributed by atoms with van der Waals surface area (Å²) in [6.07, 6.45) is -0.148. The van der Waals surface area contributed by atoms with Crippen molar-refractivity contribution in [3.8, 4) is 0 Å². The summed E-state index contributed by atoms with van der Waals surface area (Å²) in [5, 5.41) is 16.3. The van der Waals surface area contributed by atoms with Crippen molar-refractivity contribution in [2.75, 3.05) is 18.5 Å². The van der Waals surface area contributed by atoms with Crippen LogP contribution in [0.1, 0.15) is 33.3 Å². The SMILES string of the molecule is O=C(O)c1cc(NCCO[C@H]2c3ccccc3CSc3sccc32)c2c(Cl)cc(Cl)cc2n1. The predicted octanol–water partition coefficient (Wildman–Crippen LogP) is 7.13. The summed E-state index contributed by atoms with van der Waals surface area (Å²) < 4.78 is 7.66. The lowest BCUT2D eigenvalue weighted by Gasteiger charge is -2.20. The molecule has 2 aromatic heterocycles. The number of thioether (sulfide) groups is 1. The highest BCUT2D eigenvalue weighted by Gasteiger charge is 2.25. The molecule has 0 aliphatic carbocycles. The first-order valence-electron chi connectivity index (χ1n) is 10.2. The van der Waals surface area contributed by atoms with Crippen molar-refractivity contribution in [2.24, 2.45) is 0 Å². The van der Waals surface area contributed by atoms with Crippen molar-refractivity contribution >= 4 is 68.9 Å². The monoisotopic (exact) mass is 516 g/mol. The van der Waals surface area contributed by atoms with E-state index < -0.39 is 5.97 Å². The maximum absolute atomic E-state index is 11.6. The van der Waals surface area contributed by atoms with Crippen molar-refractivity contribution in [1.82, 2.24) is 4.98 Å². The zero-order valence-corrected chi connectivity index (χ0v) is 20.3. The highest BCUT2D eigenvalue weighted by atomic mass is 35.5. The second-order valence-electron chi connectivity index (χ2n) is 7.47. The maximum atomic E-state index is 11.6. The van der Waals surface area contributed by atoms with Crippen LogP contribution in [0.5, 0.6) is 0 Å². The van der Waals surface area contributed by atoms with E-state index in [1.165, 1.54) is 27.0 Å². The Balaban J connectivity index is 1.38. The van der Waals surface area contributed by atoms with E-state index in [-0.39, 0.29) is 11.8 Å². The number of aromatic carboxylic acids is 1. The van der Waals surface area contributed by atoms with Crippen LogP contribution in [0.25, 0.3) is 10.9 Å². The summed E-state index contributed by atoms with van der Waals surface area (Å²) in [6.45, 7) is 0.874. The van der Waals surface area contributed by atoms with Gasteiger partial charge in [-0.05, 0) is 40.8 Å². The minimum absolute atomic E-state index is 0.0816. The van der Waals surface area contributed by atoms with Gasteiger partial charge in [-0.3, -0.25) is 0 Å². The standard InChI is InChI=1S/C24H18Cl2N2O3S2/c25-14-9-17(26)21-18(11-20(23(29)30)28-19(21)10-14)27-6-7-31-22-15-4-2-1-3-13(15)12-33-24-16(22)5-8-32-24/h1-5,8-11,22H,6-7,12H2,(H,27,28)(H,29,30)/t22-/m0/s1. The normalized spacial score (nSPS) is 15.0. The van der Waals surface area contributed by atoms with Gasteiger partial charge < -0.3 is 15.2 Å². The van der Waals surface area contributed by atoms with E-state index in [1.54, 1.807) is 23.5 Å². The summed E-state index contributed by atoms with van der Waals surface area (Å²) in [4.78, 5) is 15.7. The molecule has 2 N–H and O–H groups in total. The molecular weight excluding hydrogens is 499 g/mol. The molecule has 0 fully saturated rings. The average molecular weight is 517 g/mol. The topological polar surface area (TPSA) is 71.5 Å². The molecule has 0 bridgehead atoms. The van der Waals surface area contributed by atoms with Crippen LogP contribution in [0, 0.1) is 0 Å². The second kappa shape index (κ2) is 9.52. The summed E-state index contributed by atoms with van der Waals surface area (Å²) in [5.41, 5.74) is 4.57. The van der Waals surface area contributed by atoms with Crippen LogP contribution in [0.2, 0.25) is 10.0 Å². The smallest absolute Gasteiger partial charge is 0.354 e. The van der Waals surface area contributed by atoms with Gasteiger partial charge in [0, 0.05) is 34.0 Å². The van der Waals surface area contributed by atoms with E-state index in [2.05, 4.69) is 39.9 Å². The molecule has 0 saturated heterocycles. The van der Waals surface area contributed by atoms with Gasteiger partial charge in [0.1, 0.15) is 6.10 Å². The van der Waals surface area contributed by atoms with Gasteiger partial charge >= 0.3 is 5.97 Å². The first kappa shape index (κ1) is 22.5. The molecular formula is C24H18Cl2N2O3S2. The molecule has 0 radical (unpaired) electrons. The number of nitrogens with one attached hydrogen (secondary N) is 1. The Hall–Kier alpha value is -2.29. The lowest BCUT2D eigenvalue weighted by Crippen LogP contribution is -2.15. The lowest BCUT2D eigenvalue weighted by molar-refractivity contribution is 0.0691. The van der Waals surface area contributed by atoms with Crippen molar-refractivity contribution in [3.63, 3.8) is 0 Å². The molecule has 4 aromatic rings. The highest BCUT2D eigenvalue weighted by molar-refractivity contribution is 8.00. The number of hydrogen-bond donors (Lipinski definition) is 2. The number of carbonyl (C=O) groups is 1. The highest BCUT2D eigenvalue weighted by Crippen LogP contribution is 2.43. The number of pyridine rings is 1. The third-order valence-electron chi connectivity index (χ3n) is 5.38. The van der Waals surface area contributed by atoms with Gasteiger partial charge in [0.05, 0.1) is 21.4 Å². The number of benzene rings is 2. The Morgan fingerprint density at radius 3 is 2.88 bits per heavy atom. The fraction of sp³-hybridized carbons (Fsp3) is 0.167. The van der Waals surface area contributed by atoms with Gasteiger partial charge in [-0.2, -0.15) is 0 Å². The molecule has 5 rings (SSSR count). The Kier molecular flexibility index (Phi) is 6.49. The van der Waals surface area contributed by atoms with Crippen LogP contribution in [0.3, 0.4) is 0 Å². The molecule has 2 aromatic carbocycles. The average Bonchev–Trinajstić information content (AvgIpc) is 3.20. The number of carboxylic acids is 1. The largest absolute Gasteiger partial charge is 0.477 e. The maximum Gasteiger partial charge on any atom is 0.354 e. The molecule has 1 atom stereocenters. The second-order valence-corrected chi connectivity index (χ2v) is 10.5. The molecule has 168 valence electrons. The number of thiophene rings is 1. The van der Waals surface area contributed by atoms with E-state index in [0.717, 1.165) is 5.75 Å². The molecule has 9 heteroatoms. The number of carboxylic acid groups (broad SMARTS) is 1. The van der Waals surface area contributed by atoms with E-state index in [1.807, 2.05) is 17.8 Å². The Bertz CT molecular complexity index is 1360. The minimum atomic E-state index is -1.12. The molecule has 0 amide bonds. The summed E-state index contributed by atoms with van der Waals surface area (Å²) >= 11 is 16.1. The number of hydrogen-bond acceptors (Lipinski definition) is 6. The Morgan fingerprint density at radius 2 is 2.03 bits per heavy atom. The predicted molar refractivity (Wildman–Crippen MR) is 135 cm³/mol. The van der Waals surface area contributed by atoms with Crippen LogP contribution < -0.4 is 5.32 Å². The van der Waals surface area contributed by atoms with Gasteiger partial charge in [0.2, 0.25) is 0 Å². The Labute approximate surface area is 208 Å². The number of anilines is 1. The van der Waals surface area contributed by atoms with Crippen LogP contribution in [-0.4, -0.2) is 29.2 Å². The van der Waals surface area contributed by atoms with E-state index >= 15 is 0 Å². The van der Waals surface area contributed by atoms with Gasteiger partial charge in [0.15, 0.2) is 5.69 Å². The van der Waals surface area contributed by atoms with E-state index in [0.29, 0.717) is 39.8 Å². The van der Waals surface area contributed by atoms with Crippen LogP contribution in [0.15, 0.2) is 58.1 Å². The van der Waals surface area contributed by atoms with Crippen molar-refractivity contribution in [1.29, 1.82) is 0 Å². The van der Waals surface area contributed by atoms with Crippen LogP contribution >= 0.6 is 46.3 Å². The summed E-state index contributed by atoms with van der Waals surface area (Å²) in [5.74, 6) is -0.200. The van der Waals surface area contributed by atoms with Gasteiger partial charge in [-0.15, -0.1) is 23.1 Å². The van der Waals surface area contributed by atoms with Gasteiger partial charge in [-0.1, -0.05) is 47.5 Å². The molecule has 0 unspecified atom stereocenters. The minimum Gasteiger partial charge on any atom is -0.477 e. The summed E-state index contributed by atoms with van der Waals surface area (Å²) in [7, 11) is 0. The number of halogens is 2. The molecule has 1 aliphatic heterocycles.